The monoisotopic (exact) mass is 176 g/mol. The standard InChI is InChI=1S/C9H20OS/c1-5-11(10)8-6-7-9(2,3)4/h5-8H2,1-4H3. The van der Waals surface area contributed by atoms with Crippen LogP contribution >= 0.6 is 0 Å². The summed E-state index contributed by atoms with van der Waals surface area (Å²) in [7, 11) is -0.562. The molecule has 0 aromatic rings. The van der Waals surface area contributed by atoms with E-state index in [1.54, 1.807) is 0 Å². The molecule has 0 amide bonds. The molecule has 1 unspecified atom stereocenters. The first kappa shape index (κ1) is 11.2. The first-order valence-corrected chi connectivity index (χ1v) is 5.79. The molecule has 0 N–H and O–H groups in total. The van der Waals surface area contributed by atoms with Gasteiger partial charge in [-0.2, -0.15) is 0 Å². The summed E-state index contributed by atoms with van der Waals surface area (Å²) in [4.78, 5) is 0. The van der Waals surface area contributed by atoms with Crippen molar-refractivity contribution >= 4 is 10.8 Å². The second kappa shape index (κ2) is 4.91. The molecule has 0 bridgehead atoms. The van der Waals surface area contributed by atoms with E-state index in [4.69, 9.17) is 0 Å². The van der Waals surface area contributed by atoms with Gasteiger partial charge in [-0.15, -0.1) is 0 Å². The maximum absolute atomic E-state index is 11.0. The molecular formula is C9H20OS. The molecule has 11 heavy (non-hydrogen) atoms. The van der Waals surface area contributed by atoms with E-state index in [1.807, 2.05) is 6.92 Å². The Balaban J connectivity index is 3.35. The predicted molar refractivity (Wildman–Crippen MR) is 52.2 cm³/mol. The van der Waals surface area contributed by atoms with Crippen LogP contribution in [0.3, 0.4) is 0 Å². The van der Waals surface area contributed by atoms with Gasteiger partial charge < -0.3 is 0 Å². The molecule has 0 spiro atoms. The number of hydrogen-bond acceptors (Lipinski definition) is 1. The largest absolute Gasteiger partial charge is 0.260 e. The first-order chi connectivity index (χ1) is 4.95. The van der Waals surface area contributed by atoms with Crippen molar-refractivity contribution in [2.24, 2.45) is 5.41 Å². The van der Waals surface area contributed by atoms with Crippen LogP contribution in [0.4, 0.5) is 0 Å². The van der Waals surface area contributed by atoms with E-state index in [1.165, 1.54) is 6.42 Å². The summed E-state index contributed by atoms with van der Waals surface area (Å²) >= 11 is 0. The van der Waals surface area contributed by atoms with Gasteiger partial charge in [0.1, 0.15) is 0 Å². The van der Waals surface area contributed by atoms with Crippen molar-refractivity contribution in [3.63, 3.8) is 0 Å². The fraction of sp³-hybridized carbons (Fsp3) is 1.00. The Labute approximate surface area is 73.0 Å². The van der Waals surface area contributed by atoms with E-state index in [-0.39, 0.29) is 0 Å². The zero-order valence-electron chi connectivity index (χ0n) is 8.14. The fourth-order valence-electron chi connectivity index (χ4n) is 0.908. The van der Waals surface area contributed by atoms with Crippen LogP contribution in [0.2, 0.25) is 0 Å². The third kappa shape index (κ3) is 8.05. The molecule has 0 saturated heterocycles. The van der Waals surface area contributed by atoms with Crippen molar-refractivity contribution in [1.82, 2.24) is 0 Å². The smallest absolute Gasteiger partial charge is 0.0234 e. The highest BCUT2D eigenvalue weighted by Gasteiger charge is 2.09. The van der Waals surface area contributed by atoms with Crippen LogP contribution in [0, 0.1) is 5.41 Å². The molecule has 0 fully saturated rings. The Morgan fingerprint density at radius 1 is 1.27 bits per heavy atom. The Morgan fingerprint density at radius 2 is 1.82 bits per heavy atom. The van der Waals surface area contributed by atoms with Crippen LogP contribution in [0.25, 0.3) is 0 Å². The average molecular weight is 176 g/mol. The zero-order valence-corrected chi connectivity index (χ0v) is 8.96. The normalized spacial score (nSPS) is 14.9. The van der Waals surface area contributed by atoms with E-state index in [0.717, 1.165) is 17.9 Å². The van der Waals surface area contributed by atoms with E-state index >= 15 is 0 Å². The predicted octanol–water partition coefficient (Wildman–Crippen LogP) is 2.58. The first-order valence-electron chi connectivity index (χ1n) is 4.30. The van der Waals surface area contributed by atoms with Crippen molar-refractivity contribution in [1.29, 1.82) is 0 Å². The lowest BCUT2D eigenvalue weighted by molar-refractivity contribution is 0.374. The topological polar surface area (TPSA) is 17.1 Å². The Morgan fingerprint density at radius 3 is 2.18 bits per heavy atom. The minimum absolute atomic E-state index is 0.401. The molecule has 68 valence electrons. The van der Waals surface area contributed by atoms with E-state index in [2.05, 4.69) is 20.8 Å². The summed E-state index contributed by atoms with van der Waals surface area (Å²) in [5.41, 5.74) is 0.401. The zero-order chi connectivity index (χ0) is 8.91. The van der Waals surface area contributed by atoms with Gasteiger partial charge in [0, 0.05) is 22.3 Å². The summed E-state index contributed by atoms with van der Waals surface area (Å²) in [6.07, 6.45) is 2.28. The quantitative estimate of drug-likeness (QED) is 0.643. The van der Waals surface area contributed by atoms with Gasteiger partial charge in [0.15, 0.2) is 0 Å². The summed E-state index contributed by atoms with van der Waals surface area (Å²) in [5, 5.41) is 0. The van der Waals surface area contributed by atoms with Crippen molar-refractivity contribution in [2.45, 2.75) is 40.5 Å². The molecule has 0 rings (SSSR count). The molecule has 0 aliphatic carbocycles. The third-order valence-corrected chi connectivity index (χ3v) is 3.01. The van der Waals surface area contributed by atoms with Crippen LogP contribution < -0.4 is 0 Å². The third-order valence-electron chi connectivity index (χ3n) is 1.62. The lowest BCUT2D eigenvalue weighted by atomic mass is 9.91. The van der Waals surface area contributed by atoms with E-state index in [9.17, 15) is 4.21 Å². The summed E-state index contributed by atoms with van der Waals surface area (Å²) in [6, 6.07) is 0. The van der Waals surface area contributed by atoms with Crippen molar-refractivity contribution in [3.05, 3.63) is 0 Å². The molecule has 0 saturated carbocycles. The fourth-order valence-corrected chi connectivity index (χ4v) is 1.66. The molecule has 2 heteroatoms. The molecule has 1 nitrogen and oxygen atoms in total. The van der Waals surface area contributed by atoms with Gasteiger partial charge in [0.25, 0.3) is 0 Å². The lowest BCUT2D eigenvalue weighted by Crippen LogP contribution is -2.08. The number of rotatable bonds is 4. The Hall–Kier alpha value is 0.150. The van der Waals surface area contributed by atoms with Gasteiger partial charge in [-0.3, -0.25) is 4.21 Å². The molecule has 0 aliphatic heterocycles. The van der Waals surface area contributed by atoms with Gasteiger partial charge >= 0.3 is 0 Å². The van der Waals surface area contributed by atoms with Gasteiger partial charge in [-0.05, 0) is 18.3 Å². The van der Waals surface area contributed by atoms with Gasteiger partial charge in [0.2, 0.25) is 0 Å². The van der Waals surface area contributed by atoms with Crippen LogP contribution in [0.5, 0.6) is 0 Å². The van der Waals surface area contributed by atoms with Gasteiger partial charge in [0.05, 0.1) is 0 Å². The molecule has 0 heterocycles. The molecule has 0 aromatic heterocycles. The molecule has 0 aliphatic rings. The second-order valence-electron chi connectivity index (χ2n) is 4.10. The number of hydrogen-bond donors (Lipinski definition) is 0. The van der Waals surface area contributed by atoms with Crippen LogP contribution in [0.15, 0.2) is 0 Å². The molecular weight excluding hydrogens is 156 g/mol. The highest BCUT2D eigenvalue weighted by atomic mass is 32.2. The highest BCUT2D eigenvalue weighted by Crippen LogP contribution is 2.20. The lowest BCUT2D eigenvalue weighted by Gasteiger charge is -2.16. The van der Waals surface area contributed by atoms with Crippen LogP contribution in [-0.2, 0) is 10.8 Å². The second-order valence-corrected chi connectivity index (χ2v) is 5.96. The summed E-state index contributed by atoms with van der Waals surface area (Å²) < 4.78 is 11.0. The highest BCUT2D eigenvalue weighted by molar-refractivity contribution is 7.84. The van der Waals surface area contributed by atoms with Gasteiger partial charge in [-0.1, -0.05) is 27.7 Å². The minimum atomic E-state index is -0.562. The van der Waals surface area contributed by atoms with Crippen molar-refractivity contribution < 1.29 is 4.21 Å². The summed E-state index contributed by atoms with van der Waals surface area (Å²) in [6.45, 7) is 8.65. The average Bonchev–Trinajstić information content (AvgIpc) is 1.85. The minimum Gasteiger partial charge on any atom is -0.260 e. The maximum atomic E-state index is 11.0. The van der Waals surface area contributed by atoms with Crippen molar-refractivity contribution in [2.75, 3.05) is 11.5 Å². The Bertz CT molecular complexity index is 124. The van der Waals surface area contributed by atoms with Gasteiger partial charge in [-0.25, -0.2) is 0 Å². The van der Waals surface area contributed by atoms with E-state index < -0.39 is 10.8 Å². The molecule has 0 aromatic carbocycles. The Kier molecular flexibility index (Phi) is 4.98. The maximum Gasteiger partial charge on any atom is 0.0234 e. The molecule has 0 radical (unpaired) electrons. The van der Waals surface area contributed by atoms with Crippen LogP contribution in [-0.4, -0.2) is 15.7 Å². The van der Waals surface area contributed by atoms with Crippen molar-refractivity contribution in [3.8, 4) is 0 Å². The summed E-state index contributed by atoms with van der Waals surface area (Å²) in [5.74, 6) is 1.69. The molecule has 1 atom stereocenters. The van der Waals surface area contributed by atoms with E-state index in [0.29, 0.717) is 5.41 Å². The van der Waals surface area contributed by atoms with Crippen LogP contribution in [0.1, 0.15) is 40.5 Å². The SMILES string of the molecule is CCS(=O)CCCC(C)(C)C.